The van der Waals surface area contributed by atoms with Crippen molar-refractivity contribution in [1.29, 1.82) is 0 Å². The molecule has 27 atom stereocenters. The van der Waals surface area contributed by atoms with Crippen LogP contribution in [0.3, 0.4) is 0 Å². The largest absolute Gasteiger partial charge is 0.493 e. The highest BCUT2D eigenvalue weighted by atomic mass is 32.3. The van der Waals surface area contributed by atoms with E-state index in [2.05, 4.69) is 43.1 Å². The van der Waals surface area contributed by atoms with Gasteiger partial charge in [0.05, 0.1) is 153 Å². The molecule has 14 heterocycles. The number of ether oxygens (including phenoxy) is 13. The Morgan fingerprint density at radius 3 is 1.99 bits per heavy atom. The molecule has 0 bridgehead atoms. The van der Waals surface area contributed by atoms with E-state index < -0.39 is 176 Å². The molecular weight excluding hydrogens is 1390 g/mol. The van der Waals surface area contributed by atoms with Crippen LogP contribution in [0.2, 0.25) is 0 Å². The first-order valence-electron chi connectivity index (χ1n) is 36.1. The lowest BCUT2D eigenvalue weighted by Gasteiger charge is -2.61. The van der Waals surface area contributed by atoms with Crippen molar-refractivity contribution in [2.45, 2.75) is 307 Å². The van der Waals surface area contributed by atoms with Gasteiger partial charge in [-0.3, -0.25) is 13.9 Å². The second-order valence-corrected chi connectivity index (χ2v) is 33.9. The number of aromatic nitrogens is 5. The van der Waals surface area contributed by atoms with Gasteiger partial charge < -0.3 is 76.4 Å². The minimum absolute atomic E-state index is 0.0146. The average Bonchev–Trinajstić information content (AvgIpc) is 1.56. The Kier molecular flexibility index (Phi) is 19.1. The van der Waals surface area contributed by atoms with E-state index in [1.165, 1.54) is 35.1 Å². The first-order valence-corrected chi connectivity index (χ1v) is 38.8. The quantitative estimate of drug-likeness (QED) is 0.124. The molecule has 4 N–H and O–H groups in total. The fourth-order valence-corrected chi connectivity index (χ4v) is 20.2. The number of hydrogen-bond donors (Lipinski definition) is 4. The number of nitrogens with zero attached hydrogens (tertiary/aromatic N) is 5. The summed E-state index contributed by atoms with van der Waals surface area (Å²) >= 11 is 0. The summed E-state index contributed by atoms with van der Waals surface area (Å²) in [7, 11) is -5.21. The predicted molar refractivity (Wildman–Crippen MR) is 361 cm³/mol. The van der Waals surface area contributed by atoms with Gasteiger partial charge in [0.15, 0.2) is 11.5 Å². The summed E-state index contributed by atoms with van der Waals surface area (Å²) in [5, 5.41) is 25.8. The number of aryl methyl sites for hydroxylation is 2. The van der Waals surface area contributed by atoms with Gasteiger partial charge in [0.1, 0.15) is 47.4 Å². The summed E-state index contributed by atoms with van der Waals surface area (Å²) < 4.78 is 168. The van der Waals surface area contributed by atoms with Gasteiger partial charge in [-0.05, 0) is 90.2 Å². The molecule has 11 saturated heterocycles. The number of allylic oxidation sites excluding steroid dienone is 2. The van der Waals surface area contributed by atoms with E-state index in [-0.39, 0.29) is 81.2 Å². The van der Waals surface area contributed by atoms with Gasteiger partial charge in [0, 0.05) is 83.5 Å². The zero-order valence-electron chi connectivity index (χ0n) is 59.5. The van der Waals surface area contributed by atoms with Gasteiger partial charge in [0.25, 0.3) is 5.56 Å². The standard InChI is InChI=1S/C70H97N5O26S2/c1-12-13-36-23-54(75-65(79)73(64(78)74(75)33-36)20-16-37-63(77)72(9)39-25-42(88-11)41(87-10)24-38(39)71-37)69(7,80)62-35(3)22-50-49(96-62)31-58-70(8,99-50)61(76)60-53(95-58)29-52-59(97-60)34(2)14-17-67(5)56(94-52)32-55-68(6,101-67)18-15-40-43(93-55)26-45-44(90-40)27-46-47(91-45)28-51-48(92-46)30-57(100-103(84,85)86)66(4,98-51)19-21-89-102(81,82)83/h12,23-25,34,40,43-62,76,80H,1,3,13-22,26-33H2,2,4-11H3,(H,81,82,83)(H,84,85,86)/t34-,40-,43+,44+,45-,46-,47+,48+,49+,50-,51-,52-,53+,54?,55-,56+,57-,58-,59+,60+,61+,62-,66+,67-,68+,69+,70+/m0/s1. The Morgan fingerprint density at radius 1 is 0.718 bits per heavy atom. The third-order valence-electron chi connectivity index (χ3n) is 24.9. The van der Waals surface area contributed by atoms with Crippen molar-refractivity contribution >= 4 is 31.8 Å². The van der Waals surface area contributed by atoms with Crippen molar-refractivity contribution in [3.05, 3.63) is 85.6 Å². The monoisotopic (exact) mass is 1490 g/mol. The third-order valence-corrected chi connectivity index (χ3v) is 25.9. The molecule has 0 aliphatic carbocycles. The zero-order chi connectivity index (χ0) is 73.2. The maximum Gasteiger partial charge on any atom is 0.397 e. The Bertz CT molecular complexity index is 4270. The SMILES string of the molecule is C=CCC1=CC([C@@](C)(O)[C@H]2O[C@@H]3C[C@@H]4O[C@@H]5C[C@@H]6O[C@@H]7C[C@@H]8O[C@@H]9C[C@@H]%10O[C@@H]%11C[C@@H]%12O[C@](C)(CCOS(=O)(=O)O)[C@@H](OS(=O)(=O)O)C[C@H]%12O[C@H]%11C[C@H]%10O[C@H]9CC[C@@]8(C)O[C@@]7(C)CC[C@H](C)[C@H]6O[C@H]5[C@@H](O)[C@]4(C)O[C@H]3CC2=C)n2c(=O)n(CCc3nc4cc(OC)c(OC)cc4n(C)c3=O)c(=O)n2C1. The van der Waals surface area contributed by atoms with Crippen LogP contribution in [0.15, 0.2) is 63.0 Å². The lowest BCUT2D eigenvalue weighted by atomic mass is 9.72. The van der Waals surface area contributed by atoms with E-state index in [1.807, 2.05) is 6.92 Å². The van der Waals surface area contributed by atoms with Crippen molar-refractivity contribution in [3.63, 3.8) is 0 Å². The molecule has 1 unspecified atom stereocenters. The predicted octanol–water partition coefficient (Wildman–Crippen LogP) is 3.76. The van der Waals surface area contributed by atoms with E-state index in [0.717, 1.165) is 16.6 Å². The maximum atomic E-state index is 14.8. The highest BCUT2D eigenvalue weighted by Gasteiger charge is 2.66. The van der Waals surface area contributed by atoms with E-state index in [4.69, 9.17) is 65.8 Å². The molecule has 15 rings (SSSR count). The fraction of sp³-hybridized carbons (Fsp3) is 0.771. The zero-order valence-corrected chi connectivity index (χ0v) is 61.1. The molecule has 12 aliphatic rings. The van der Waals surface area contributed by atoms with Gasteiger partial charge in [-0.1, -0.05) is 25.7 Å². The number of hydrogen-bond acceptors (Lipinski definition) is 25. The Balaban J connectivity index is 0.615. The van der Waals surface area contributed by atoms with Crippen molar-refractivity contribution in [3.8, 4) is 11.5 Å². The van der Waals surface area contributed by atoms with Crippen molar-refractivity contribution < 1.29 is 106 Å². The van der Waals surface area contributed by atoms with Crippen LogP contribution in [-0.4, -0.2) is 231 Å². The summed E-state index contributed by atoms with van der Waals surface area (Å²) in [5.41, 5.74) is -5.56. The lowest BCUT2D eigenvalue weighted by molar-refractivity contribution is -0.369. The maximum absolute atomic E-state index is 14.8. The van der Waals surface area contributed by atoms with Crippen LogP contribution in [-0.2, 0) is 108 Å². The van der Waals surface area contributed by atoms with Crippen LogP contribution in [0.25, 0.3) is 11.0 Å². The minimum atomic E-state index is -4.98. The summed E-state index contributed by atoms with van der Waals surface area (Å²) in [6.07, 6.45) is -3.39. The Hall–Kier alpha value is -4.86. The number of fused-ring (bicyclic) bond motifs is 12. The van der Waals surface area contributed by atoms with E-state index in [9.17, 15) is 50.5 Å². The molecule has 3 aromatic rings. The smallest absolute Gasteiger partial charge is 0.397 e. The molecule has 0 saturated carbocycles. The second-order valence-electron chi connectivity index (χ2n) is 31.8. The normalized spacial score (nSPS) is 42.8. The van der Waals surface area contributed by atoms with Crippen LogP contribution in [0.1, 0.15) is 143 Å². The molecule has 12 aliphatic heterocycles. The number of rotatable bonds is 15. The van der Waals surface area contributed by atoms with Crippen LogP contribution >= 0.6 is 0 Å². The van der Waals surface area contributed by atoms with Gasteiger partial charge in [0.2, 0.25) is 0 Å². The Morgan fingerprint density at radius 2 is 1.32 bits per heavy atom. The number of methoxy groups -OCH3 is 2. The summed E-state index contributed by atoms with van der Waals surface area (Å²) in [5.74, 6) is 0.814. The van der Waals surface area contributed by atoms with Crippen LogP contribution < -0.4 is 26.4 Å². The van der Waals surface area contributed by atoms with Gasteiger partial charge >= 0.3 is 32.2 Å². The second kappa shape index (κ2) is 26.8. The highest BCUT2D eigenvalue weighted by Crippen LogP contribution is 2.55. The summed E-state index contributed by atoms with van der Waals surface area (Å²) in [6.45, 7) is 19.0. The van der Waals surface area contributed by atoms with Crippen LogP contribution in [0.5, 0.6) is 11.5 Å². The first kappa shape index (κ1) is 73.6. The molecule has 0 spiro atoms. The molecule has 31 nitrogen and oxygen atoms in total. The Labute approximate surface area is 596 Å². The number of aliphatic hydroxyl groups is 2. The first-order chi connectivity index (χ1) is 48.6. The topological polar surface area (TPSA) is 371 Å². The lowest BCUT2D eigenvalue weighted by Crippen LogP contribution is -2.74. The third kappa shape index (κ3) is 13.2. The van der Waals surface area contributed by atoms with Gasteiger partial charge in [-0.2, -0.15) is 16.8 Å². The van der Waals surface area contributed by atoms with E-state index >= 15 is 0 Å². The molecule has 0 radical (unpaired) electrons. The van der Waals surface area contributed by atoms with Crippen LogP contribution in [0, 0.1) is 5.92 Å². The average molecular weight is 1490 g/mol. The molecular formula is C70H97N5O26S2. The van der Waals surface area contributed by atoms with Crippen molar-refractivity contribution in [2.75, 3.05) is 20.8 Å². The van der Waals surface area contributed by atoms with Gasteiger partial charge in [-0.25, -0.2) is 36.9 Å². The minimum Gasteiger partial charge on any atom is -0.493 e. The van der Waals surface area contributed by atoms with Gasteiger partial charge in [-0.15, -0.1) is 6.58 Å². The molecule has 570 valence electrons. The number of benzene rings is 1. The van der Waals surface area contributed by atoms with E-state index in [0.29, 0.717) is 85.9 Å². The van der Waals surface area contributed by atoms with Crippen molar-refractivity contribution in [1.82, 2.24) is 23.5 Å². The van der Waals surface area contributed by atoms with Crippen molar-refractivity contribution in [2.24, 2.45) is 13.0 Å². The molecule has 0 amide bonds. The highest BCUT2D eigenvalue weighted by molar-refractivity contribution is 7.81. The fourth-order valence-electron chi connectivity index (χ4n) is 19.3. The molecule has 33 heteroatoms. The number of aliphatic hydroxyl groups excluding tert-OH is 1. The molecule has 2 aromatic heterocycles. The summed E-state index contributed by atoms with van der Waals surface area (Å²) in [6, 6.07) is 2.17. The summed E-state index contributed by atoms with van der Waals surface area (Å²) in [4.78, 5) is 47.6. The van der Waals surface area contributed by atoms with E-state index in [1.54, 1.807) is 38.3 Å². The van der Waals surface area contributed by atoms with Crippen LogP contribution in [0.4, 0.5) is 0 Å². The molecule has 11 fully saturated rings. The molecule has 103 heavy (non-hydrogen) atoms. The molecule has 1 aromatic carbocycles.